The lowest BCUT2D eigenvalue weighted by Crippen LogP contribution is -2.38. The van der Waals surface area contributed by atoms with Crippen LogP contribution in [0, 0.1) is 0 Å². The van der Waals surface area contributed by atoms with E-state index in [0.29, 0.717) is 6.42 Å². The molecule has 1 aliphatic rings. The summed E-state index contributed by atoms with van der Waals surface area (Å²) in [5.41, 5.74) is 0. The number of nitrogens with one attached hydrogen (secondary N) is 1. The summed E-state index contributed by atoms with van der Waals surface area (Å²) in [6.45, 7) is 1.81. The van der Waals surface area contributed by atoms with Crippen LogP contribution in [0.25, 0.3) is 0 Å². The minimum Gasteiger partial charge on any atom is -0.349 e. The van der Waals surface area contributed by atoms with E-state index < -0.39 is 0 Å². The molecule has 1 aromatic rings. The van der Waals surface area contributed by atoms with Crippen LogP contribution in [0.3, 0.4) is 0 Å². The Balaban J connectivity index is 1.76. The smallest absolute Gasteiger partial charge is 0.223 e. The summed E-state index contributed by atoms with van der Waals surface area (Å²) in [5, 5.41) is 0. The largest absolute Gasteiger partial charge is 0.349 e. The van der Waals surface area contributed by atoms with E-state index in [-0.39, 0.29) is 5.91 Å². The molecule has 15 heavy (non-hydrogen) atoms. The topological polar surface area (TPSA) is 49.0 Å². The van der Waals surface area contributed by atoms with E-state index in [9.17, 15) is 4.79 Å². The summed E-state index contributed by atoms with van der Waals surface area (Å²) in [4.78, 5) is 20.8. The maximum Gasteiger partial charge on any atom is 0.223 e. The highest BCUT2D eigenvalue weighted by Gasteiger charge is 2.16. The highest BCUT2D eigenvalue weighted by atomic mass is 32.2. The van der Waals surface area contributed by atoms with Crippen LogP contribution < -0.4 is 0 Å². The van der Waals surface area contributed by atoms with E-state index in [1.807, 2.05) is 16.7 Å². The maximum atomic E-state index is 11.8. The summed E-state index contributed by atoms with van der Waals surface area (Å²) in [6.07, 6.45) is 4.79. The number of hydrogen-bond donors (Lipinski definition) is 1. The first kappa shape index (κ1) is 10.5. The Labute approximate surface area is 93.5 Å². The third kappa shape index (κ3) is 2.99. The average molecular weight is 225 g/mol. The first-order chi connectivity index (χ1) is 7.36. The van der Waals surface area contributed by atoms with Crippen LogP contribution >= 0.6 is 11.8 Å². The molecule has 1 fully saturated rings. The van der Waals surface area contributed by atoms with Crippen molar-refractivity contribution < 1.29 is 4.79 Å². The Hall–Kier alpha value is -0.970. The molecule has 5 heteroatoms. The third-order valence-corrected chi connectivity index (χ3v) is 3.44. The highest BCUT2D eigenvalue weighted by molar-refractivity contribution is 7.99. The van der Waals surface area contributed by atoms with Gasteiger partial charge in [-0.05, 0) is 0 Å². The Kier molecular flexibility index (Phi) is 3.66. The number of aromatic nitrogens is 2. The zero-order chi connectivity index (χ0) is 10.5. The van der Waals surface area contributed by atoms with Gasteiger partial charge in [-0.15, -0.1) is 0 Å². The van der Waals surface area contributed by atoms with Gasteiger partial charge in [-0.2, -0.15) is 11.8 Å². The zero-order valence-corrected chi connectivity index (χ0v) is 9.42. The molecule has 0 aliphatic carbocycles. The summed E-state index contributed by atoms with van der Waals surface area (Å²) >= 11 is 1.92. The molecule has 2 heterocycles. The highest BCUT2D eigenvalue weighted by Crippen LogP contribution is 2.10. The molecule has 1 aromatic heterocycles. The molecule has 0 bridgehead atoms. The van der Waals surface area contributed by atoms with Gasteiger partial charge in [-0.1, -0.05) is 0 Å². The van der Waals surface area contributed by atoms with E-state index in [2.05, 4.69) is 9.97 Å². The standard InChI is InChI=1S/C10H15N3OS/c14-10(13-5-7-15-8-6-13)2-1-9-11-3-4-12-9/h3-4H,1-2,5-8H2,(H,11,12). The molecule has 0 unspecified atom stereocenters. The number of imidazole rings is 1. The lowest BCUT2D eigenvalue weighted by atomic mass is 10.2. The number of aromatic amines is 1. The van der Waals surface area contributed by atoms with Crippen LogP contribution in [0.5, 0.6) is 0 Å². The van der Waals surface area contributed by atoms with Crippen molar-refractivity contribution in [2.75, 3.05) is 24.6 Å². The molecule has 0 radical (unpaired) electrons. The van der Waals surface area contributed by atoms with Gasteiger partial charge >= 0.3 is 0 Å². The number of hydrogen-bond acceptors (Lipinski definition) is 3. The van der Waals surface area contributed by atoms with E-state index >= 15 is 0 Å². The Morgan fingerprint density at radius 1 is 1.53 bits per heavy atom. The lowest BCUT2D eigenvalue weighted by molar-refractivity contribution is -0.130. The monoisotopic (exact) mass is 225 g/mol. The predicted molar refractivity (Wildman–Crippen MR) is 60.8 cm³/mol. The van der Waals surface area contributed by atoms with Crippen molar-refractivity contribution in [3.63, 3.8) is 0 Å². The third-order valence-electron chi connectivity index (χ3n) is 2.49. The molecule has 1 N–H and O–H groups in total. The average Bonchev–Trinajstić information content (AvgIpc) is 2.80. The van der Waals surface area contributed by atoms with Crippen molar-refractivity contribution >= 4 is 17.7 Å². The fourth-order valence-electron chi connectivity index (χ4n) is 1.63. The fraction of sp³-hybridized carbons (Fsp3) is 0.600. The Morgan fingerprint density at radius 2 is 2.33 bits per heavy atom. The molecule has 1 amide bonds. The predicted octanol–water partition coefficient (Wildman–Crippen LogP) is 0.918. The van der Waals surface area contributed by atoms with Crippen molar-refractivity contribution in [2.45, 2.75) is 12.8 Å². The van der Waals surface area contributed by atoms with Crippen molar-refractivity contribution in [3.8, 4) is 0 Å². The van der Waals surface area contributed by atoms with Gasteiger partial charge in [-0.25, -0.2) is 4.98 Å². The van der Waals surface area contributed by atoms with Gasteiger partial charge < -0.3 is 9.88 Å². The van der Waals surface area contributed by atoms with Crippen LogP contribution in [-0.2, 0) is 11.2 Å². The van der Waals surface area contributed by atoms with Gasteiger partial charge in [0.2, 0.25) is 5.91 Å². The van der Waals surface area contributed by atoms with E-state index in [1.165, 1.54) is 0 Å². The molecule has 0 atom stereocenters. The number of nitrogens with zero attached hydrogens (tertiary/aromatic N) is 2. The van der Waals surface area contributed by atoms with Gasteiger partial charge in [0, 0.05) is 49.8 Å². The molecule has 82 valence electrons. The van der Waals surface area contributed by atoms with Crippen molar-refractivity contribution in [1.82, 2.24) is 14.9 Å². The normalized spacial score (nSPS) is 16.7. The minimum atomic E-state index is 0.256. The molecule has 4 nitrogen and oxygen atoms in total. The number of H-pyrrole nitrogens is 1. The molecule has 0 spiro atoms. The van der Waals surface area contributed by atoms with E-state index in [4.69, 9.17) is 0 Å². The SMILES string of the molecule is O=C(CCc1ncc[nH]1)N1CCSCC1. The first-order valence-electron chi connectivity index (χ1n) is 5.20. The van der Waals surface area contributed by atoms with Crippen molar-refractivity contribution in [2.24, 2.45) is 0 Å². The molecular formula is C10H15N3OS. The second-order valence-corrected chi connectivity index (χ2v) is 4.75. The molecule has 1 aliphatic heterocycles. The number of amides is 1. The molecule has 1 saturated heterocycles. The van der Waals surface area contributed by atoms with E-state index in [1.54, 1.807) is 12.4 Å². The van der Waals surface area contributed by atoms with Crippen LogP contribution in [0.15, 0.2) is 12.4 Å². The molecular weight excluding hydrogens is 210 g/mol. The van der Waals surface area contributed by atoms with Crippen molar-refractivity contribution in [3.05, 3.63) is 18.2 Å². The summed E-state index contributed by atoms with van der Waals surface area (Å²) in [7, 11) is 0. The van der Waals surface area contributed by atoms with Crippen LogP contribution in [0.1, 0.15) is 12.2 Å². The Bertz CT molecular complexity index is 306. The van der Waals surface area contributed by atoms with Gasteiger partial charge in [0.05, 0.1) is 0 Å². The van der Waals surface area contributed by atoms with Crippen molar-refractivity contribution in [1.29, 1.82) is 0 Å². The second kappa shape index (κ2) is 5.21. The molecule has 0 saturated carbocycles. The maximum absolute atomic E-state index is 11.8. The minimum absolute atomic E-state index is 0.256. The fourth-order valence-corrected chi connectivity index (χ4v) is 2.53. The zero-order valence-electron chi connectivity index (χ0n) is 8.61. The number of thioether (sulfide) groups is 1. The van der Waals surface area contributed by atoms with Crippen LogP contribution in [0.4, 0.5) is 0 Å². The quantitative estimate of drug-likeness (QED) is 0.832. The van der Waals surface area contributed by atoms with Crippen LogP contribution in [0.2, 0.25) is 0 Å². The van der Waals surface area contributed by atoms with Crippen LogP contribution in [-0.4, -0.2) is 45.4 Å². The lowest BCUT2D eigenvalue weighted by Gasteiger charge is -2.26. The Morgan fingerprint density at radius 3 is 3.00 bits per heavy atom. The second-order valence-electron chi connectivity index (χ2n) is 3.53. The molecule has 2 rings (SSSR count). The van der Waals surface area contributed by atoms with E-state index in [0.717, 1.165) is 36.8 Å². The summed E-state index contributed by atoms with van der Waals surface area (Å²) in [6, 6.07) is 0. The van der Waals surface area contributed by atoms with Gasteiger partial charge in [-0.3, -0.25) is 4.79 Å². The summed E-state index contributed by atoms with van der Waals surface area (Å²) in [5.74, 6) is 3.31. The van der Waals surface area contributed by atoms with Gasteiger partial charge in [0.25, 0.3) is 0 Å². The van der Waals surface area contributed by atoms with Gasteiger partial charge in [0.1, 0.15) is 5.82 Å². The number of aryl methyl sites for hydroxylation is 1. The summed E-state index contributed by atoms with van der Waals surface area (Å²) < 4.78 is 0. The van der Waals surface area contributed by atoms with Gasteiger partial charge in [0.15, 0.2) is 0 Å². The number of rotatable bonds is 3. The number of carbonyl (C=O) groups is 1. The first-order valence-corrected chi connectivity index (χ1v) is 6.35. The molecule has 0 aromatic carbocycles. The number of carbonyl (C=O) groups excluding carboxylic acids is 1.